The molecule has 5 heteroatoms. The van der Waals surface area contributed by atoms with Gasteiger partial charge in [-0.25, -0.2) is 0 Å². The summed E-state index contributed by atoms with van der Waals surface area (Å²) >= 11 is 0. The van der Waals surface area contributed by atoms with E-state index < -0.39 is 0 Å². The van der Waals surface area contributed by atoms with Crippen LogP contribution in [0, 0.1) is 5.92 Å². The molecule has 0 saturated carbocycles. The van der Waals surface area contributed by atoms with Gasteiger partial charge in [-0.05, 0) is 70.0 Å². The molecule has 1 atom stereocenters. The fraction of sp³-hybridized carbons (Fsp3) is 0.611. The zero-order chi connectivity index (χ0) is 16.7. The topological polar surface area (TPSA) is 62.9 Å². The second-order valence-electron chi connectivity index (χ2n) is 6.50. The number of likely N-dealkylation sites (tertiary alicyclic amines) is 1. The van der Waals surface area contributed by atoms with Crippen molar-refractivity contribution in [2.75, 3.05) is 31.5 Å². The molecule has 0 spiro atoms. The molecule has 1 unspecified atom stereocenters. The van der Waals surface area contributed by atoms with E-state index in [9.17, 15) is 0 Å². The zero-order valence-corrected chi connectivity index (χ0v) is 14.6. The third kappa shape index (κ3) is 6.10. The lowest BCUT2D eigenvalue weighted by Gasteiger charge is -2.14. The van der Waals surface area contributed by atoms with Crippen LogP contribution in [0.5, 0.6) is 5.75 Å². The van der Waals surface area contributed by atoms with Crippen LogP contribution in [-0.2, 0) is 0 Å². The summed E-state index contributed by atoms with van der Waals surface area (Å²) in [5.41, 5.74) is 6.92. The molecule has 1 saturated heterocycles. The first-order chi connectivity index (χ1) is 11.1. The number of nitrogens with zero attached hydrogens (tertiary/aromatic N) is 2. The molecule has 2 rings (SSSR count). The Morgan fingerprint density at radius 1 is 1.39 bits per heavy atom. The molecule has 1 heterocycles. The number of aliphatic imine (C=N–C) groups is 1. The summed E-state index contributed by atoms with van der Waals surface area (Å²) in [6.45, 7) is 10.6. The largest absolute Gasteiger partial charge is 0.491 e. The van der Waals surface area contributed by atoms with Gasteiger partial charge >= 0.3 is 0 Å². The van der Waals surface area contributed by atoms with E-state index in [1.54, 1.807) is 0 Å². The van der Waals surface area contributed by atoms with Gasteiger partial charge in [0.15, 0.2) is 5.96 Å². The average molecular weight is 318 g/mol. The SMILES string of the molecule is CCCN1CCC(CN=C(N)Nc2ccc(OC(C)C)cc2)C1. The Balaban J connectivity index is 1.78. The summed E-state index contributed by atoms with van der Waals surface area (Å²) in [4.78, 5) is 7.00. The van der Waals surface area contributed by atoms with Crippen LogP contribution in [-0.4, -0.2) is 43.1 Å². The minimum absolute atomic E-state index is 0.180. The van der Waals surface area contributed by atoms with Crippen LogP contribution in [0.2, 0.25) is 0 Å². The summed E-state index contributed by atoms with van der Waals surface area (Å²) in [5, 5.41) is 3.14. The van der Waals surface area contributed by atoms with E-state index in [1.165, 1.54) is 25.9 Å². The Labute approximate surface area is 139 Å². The van der Waals surface area contributed by atoms with Gasteiger partial charge in [0.05, 0.1) is 6.10 Å². The van der Waals surface area contributed by atoms with Crippen molar-refractivity contribution >= 4 is 11.6 Å². The molecule has 1 aromatic rings. The molecule has 0 radical (unpaired) electrons. The highest BCUT2D eigenvalue weighted by Gasteiger charge is 2.21. The second-order valence-corrected chi connectivity index (χ2v) is 6.50. The molecule has 0 aliphatic carbocycles. The van der Waals surface area contributed by atoms with E-state index in [-0.39, 0.29) is 6.10 Å². The molecular weight excluding hydrogens is 288 g/mol. The van der Waals surface area contributed by atoms with Crippen molar-refractivity contribution in [2.24, 2.45) is 16.6 Å². The van der Waals surface area contributed by atoms with Gasteiger partial charge < -0.3 is 20.7 Å². The van der Waals surface area contributed by atoms with Crippen molar-refractivity contribution in [3.8, 4) is 5.75 Å². The first-order valence-corrected chi connectivity index (χ1v) is 8.62. The van der Waals surface area contributed by atoms with Gasteiger partial charge in [0.2, 0.25) is 0 Å². The summed E-state index contributed by atoms with van der Waals surface area (Å²) in [6, 6.07) is 7.79. The van der Waals surface area contributed by atoms with Gasteiger partial charge in [-0.15, -0.1) is 0 Å². The average Bonchev–Trinajstić information content (AvgIpc) is 2.95. The number of benzene rings is 1. The lowest BCUT2D eigenvalue weighted by molar-refractivity contribution is 0.242. The molecular formula is C18H30N4O. The minimum atomic E-state index is 0.180. The number of hydrogen-bond donors (Lipinski definition) is 2. The first kappa shape index (κ1) is 17.6. The van der Waals surface area contributed by atoms with Crippen molar-refractivity contribution in [3.63, 3.8) is 0 Å². The molecule has 1 aliphatic heterocycles. The predicted octanol–water partition coefficient (Wildman–Crippen LogP) is 2.93. The van der Waals surface area contributed by atoms with Crippen LogP contribution >= 0.6 is 0 Å². The fourth-order valence-electron chi connectivity index (χ4n) is 2.89. The third-order valence-corrected chi connectivity index (χ3v) is 3.93. The number of hydrogen-bond acceptors (Lipinski definition) is 3. The third-order valence-electron chi connectivity index (χ3n) is 3.93. The number of anilines is 1. The van der Waals surface area contributed by atoms with E-state index in [0.717, 1.165) is 24.5 Å². The minimum Gasteiger partial charge on any atom is -0.491 e. The van der Waals surface area contributed by atoms with Gasteiger partial charge in [-0.2, -0.15) is 0 Å². The van der Waals surface area contributed by atoms with Gasteiger partial charge in [-0.1, -0.05) is 6.92 Å². The van der Waals surface area contributed by atoms with E-state index >= 15 is 0 Å². The second kappa shape index (κ2) is 8.77. The van der Waals surface area contributed by atoms with Crippen molar-refractivity contribution < 1.29 is 4.74 Å². The number of nitrogens with one attached hydrogen (secondary N) is 1. The molecule has 1 fully saturated rings. The molecule has 0 amide bonds. The maximum absolute atomic E-state index is 5.99. The van der Waals surface area contributed by atoms with E-state index in [0.29, 0.717) is 11.9 Å². The van der Waals surface area contributed by atoms with Gasteiger partial charge in [0.25, 0.3) is 0 Å². The summed E-state index contributed by atoms with van der Waals surface area (Å²) in [7, 11) is 0. The van der Waals surface area contributed by atoms with Crippen LogP contribution in [0.3, 0.4) is 0 Å². The number of nitrogens with two attached hydrogens (primary N) is 1. The van der Waals surface area contributed by atoms with E-state index in [2.05, 4.69) is 22.1 Å². The van der Waals surface area contributed by atoms with E-state index in [1.807, 2.05) is 38.1 Å². The van der Waals surface area contributed by atoms with Crippen LogP contribution in [0.25, 0.3) is 0 Å². The van der Waals surface area contributed by atoms with Gasteiger partial charge in [0, 0.05) is 18.8 Å². The maximum Gasteiger partial charge on any atom is 0.193 e. The summed E-state index contributed by atoms with van der Waals surface area (Å²) in [6.07, 6.45) is 2.62. The van der Waals surface area contributed by atoms with Crippen molar-refractivity contribution in [1.29, 1.82) is 0 Å². The van der Waals surface area contributed by atoms with Crippen LogP contribution < -0.4 is 15.8 Å². The highest BCUT2D eigenvalue weighted by Crippen LogP contribution is 2.18. The Hall–Kier alpha value is -1.75. The predicted molar refractivity (Wildman–Crippen MR) is 97.2 cm³/mol. The monoisotopic (exact) mass is 318 g/mol. The summed E-state index contributed by atoms with van der Waals surface area (Å²) in [5.74, 6) is 1.98. The Bertz CT molecular complexity index is 498. The van der Waals surface area contributed by atoms with Gasteiger partial charge in [-0.3, -0.25) is 4.99 Å². The smallest absolute Gasteiger partial charge is 0.193 e. The molecule has 5 nitrogen and oxygen atoms in total. The lowest BCUT2D eigenvalue weighted by Crippen LogP contribution is -2.25. The van der Waals surface area contributed by atoms with E-state index in [4.69, 9.17) is 10.5 Å². The maximum atomic E-state index is 5.99. The molecule has 128 valence electrons. The number of guanidine groups is 1. The highest BCUT2D eigenvalue weighted by molar-refractivity contribution is 5.92. The quantitative estimate of drug-likeness (QED) is 0.599. The zero-order valence-electron chi connectivity index (χ0n) is 14.6. The van der Waals surface area contributed by atoms with Gasteiger partial charge in [0.1, 0.15) is 5.75 Å². The van der Waals surface area contributed by atoms with Crippen molar-refractivity contribution in [3.05, 3.63) is 24.3 Å². The van der Waals surface area contributed by atoms with Crippen LogP contribution in [0.15, 0.2) is 29.3 Å². The number of rotatable bonds is 7. The van der Waals surface area contributed by atoms with Crippen molar-refractivity contribution in [2.45, 2.75) is 39.7 Å². The normalized spacial score (nSPS) is 19.3. The molecule has 0 aromatic heterocycles. The Kier molecular flexibility index (Phi) is 6.71. The lowest BCUT2D eigenvalue weighted by atomic mass is 10.1. The Morgan fingerprint density at radius 2 is 2.13 bits per heavy atom. The number of ether oxygens (including phenoxy) is 1. The molecule has 1 aliphatic rings. The molecule has 0 bridgehead atoms. The Morgan fingerprint density at radius 3 is 2.78 bits per heavy atom. The highest BCUT2D eigenvalue weighted by atomic mass is 16.5. The van der Waals surface area contributed by atoms with Crippen LogP contribution in [0.1, 0.15) is 33.6 Å². The fourth-order valence-corrected chi connectivity index (χ4v) is 2.89. The van der Waals surface area contributed by atoms with Crippen LogP contribution in [0.4, 0.5) is 5.69 Å². The van der Waals surface area contributed by atoms with Crippen molar-refractivity contribution in [1.82, 2.24) is 4.90 Å². The molecule has 1 aromatic carbocycles. The summed E-state index contributed by atoms with van der Waals surface area (Å²) < 4.78 is 5.63. The first-order valence-electron chi connectivity index (χ1n) is 8.62. The standard InChI is InChI=1S/C18H30N4O/c1-4-10-22-11-9-15(13-22)12-20-18(19)21-16-5-7-17(8-6-16)23-14(2)3/h5-8,14-15H,4,9-13H2,1-3H3,(H3,19,20,21). The molecule has 3 N–H and O–H groups in total. The molecule has 23 heavy (non-hydrogen) atoms.